The summed E-state index contributed by atoms with van der Waals surface area (Å²) in [6.45, 7) is 5.98. The second kappa shape index (κ2) is 7.86. The third kappa shape index (κ3) is 4.11. The van der Waals surface area contributed by atoms with Crippen LogP contribution in [0.3, 0.4) is 0 Å². The summed E-state index contributed by atoms with van der Waals surface area (Å²) in [7, 11) is 1.86. The van der Waals surface area contributed by atoms with Gasteiger partial charge in [-0.05, 0) is 32.4 Å². The standard InChI is InChI=1S/C13H21N3O2.2ClH/c1-9(2)16-5-4-11(13(17)18)12(8-16)10-6-14-15(3)7-10;;/h6-7,9,11-12H,4-5,8H2,1-3H3,(H,17,18);2*1H. The monoisotopic (exact) mass is 323 g/mol. The fourth-order valence-corrected chi connectivity index (χ4v) is 2.71. The van der Waals surface area contributed by atoms with Gasteiger partial charge in [-0.3, -0.25) is 9.48 Å². The molecule has 5 nitrogen and oxygen atoms in total. The molecule has 2 unspecified atom stereocenters. The molecule has 2 rings (SSSR count). The van der Waals surface area contributed by atoms with Gasteiger partial charge in [-0.1, -0.05) is 0 Å². The number of carbonyl (C=O) groups is 1. The van der Waals surface area contributed by atoms with Crippen molar-refractivity contribution in [2.24, 2.45) is 13.0 Å². The Morgan fingerprint density at radius 1 is 1.45 bits per heavy atom. The highest BCUT2D eigenvalue weighted by Gasteiger charge is 2.36. The highest BCUT2D eigenvalue weighted by Crippen LogP contribution is 2.33. The Morgan fingerprint density at radius 2 is 2.10 bits per heavy atom. The van der Waals surface area contributed by atoms with Crippen LogP contribution in [0.1, 0.15) is 31.7 Å². The van der Waals surface area contributed by atoms with Gasteiger partial charge in [0.25, 0.3) is 0 Å². The summed E-state index contributed by atoms with van der Waals surface area (Å²) >= 11 is 0. The van der Waals surface area contributed by atoms with Crippen LogP contribution >= 0.6 is 24.8 Å². The number of aliphatic carboxylic acids is 1. The average molecular weight is 324 g/mol. The Kier molecular flexibility index (Phi) is 7.55. The molecule has 1 aromatic heterocycles. The number of nitrogens with zero attached hydrogens (tertiary/aromatic N) is 3. The molecule has 1 aromatic rings. The Morgan fingerprint density at radius 3 is 2.55 bits per heavy atom. The molecule has 2 atom stereocenters. The number of carboxylic acid groups (broad SMARTS) is 1. The van der Waals surface area contributed by atoms with E-state index in [1.807, 2.05) is 13.2 Å². The molecule has 20 heavy (non-hydrogen) atoms. The van der Waals surface area contributed by atoms with Crippen molar-refractivity contribution in [2.75, 3.05) is 13.1 Å². The number of piperidine rings is 1. The van der Waals surface area contributed by atoms with Crippen LogP contribution in [0.5, 0.6) is 0 Å². The van der Waals surface area contributed by atoms with Gasteiger partial charge >= 0.3 is 5.97 Å². The minimum absolute atomic E-state index is 0. The smallest absolute Gasteiger partial charge is 0.307 e. The van der Waals surface area contributed by atoms with Crippen LogP contribution < -0.4 is 0 Å². The largest absolute Gasteiger partial charge is 0.481 e. The molecule has 0 spiro atoms. The van der Waals surface area contributed by atoms with Crippen molar-refractivity contribution in [1.82, 2.24) is 14.7 Å². The van der Waals surface area contributed by atoms with Gasteiger partial charge in [0.05, 0.1) is 12.1 Å². The van der Waals surface area contributed by atoms with Gasteiger partial charge in [0.2, 0.25) is 0 Å². The summed E-state index contributed by atoms with van der Waals surface area (Å²) in [5.74, 6) is -0.927. The Hall–Kier alpha value is -0.780. The predicted molar refractivity (Wildman–Crippen MR) is 82.9 cm³/mol. The third-order valence-corrected chi connectivity index (χ3v) is 3.84. The molecule has 1 N–H and O–H groups in total. The van der Waals surface area contributed by atoms with Crippen molar-refractivity contribution in [3.05, 3.63) is 18.0 Å². The summed E-state index contributed by atoms with van der Waals surface area (Å²) in [5.41, 5.74) is 1.04. The van der Waals surface area contributed by atoms with E-state index in [0.29, 0.717) is 12.5 Å². The molecule has 0 bridgehead atoms. The van der Waals surface area contributed by atoms with E-state index in [4.69, 9.17) is 0 Å². The van der Waals surface area contributed by atoms with Crippen LogP contribution in [-0.4, -0.2) is 44.9 Å². The van der Waals surface area contributed by atoms with Gasteiger partial charge in [0, 0.05) is 31.7 Å². The van der Waals surface area contributed by atoms with Gasteiger partial charge in [0.1, 0.15) is 0 Å². The van der Waals surface area contributed by atoms with E-state index in [9.17, 15) is 9.90 Å². The van der Waals surface area contributed by atoms with Crippen LogP contribution in [0.2, 0.25) is 0 Å². The molecule has 1 saturated heterocycles. The minimum Gasteiger partial charge on any atom is -0.481 e. The van der Waals surface area contributed by atoms with Crippen LogP contribution in [0.4, 0.5) is 0 Å². The molecule has 0 aliphatic carbocycles. The number of rotatable bonds is 3. The normalized spacial score (nSPS) is 23.0. The zero-order valence-electron chi connectivity index (χ0n) is 12.0. The SMILES string of the molecule is CC(C)N1CCC(C(=O)O)C(c2cnn(C)c2)C1.Cl.Cl. The Balaban J connectivity index is 0.00000180. The third-order valence-electron chi connectivity index (χ3n) is 3.84. The van der Waals surface area contributed by atoms with Gasteiger partial charge in [0.15, 0.2) is 0 Å². The quantitative estimate of drug-likeness (QED) is 0.926. The number of aromatic nitrogens is 2. The molecule has 1 aliphatic rings. The molecule has 7 heteroatoms. The topological polar surface area (TPSA) is 58.4 Å². The Bertz CT molecular complexity index is 437. The van der Waals surface area contributed by atoms with E-state index in [1.54, 1.807) is 10.9 Å². The molecule has 2 heterocycles. The lowest BCUT2D eigenvalue weighted by Crippen LogP contribution is -2.44. The summed E-state index contributed by atoms with van der Waals surface area (Å²) in [4.78, 5) is 13.7. The molecule has 1 aliphatic heterocycles. The molecule has 0 saturated carbocycles. The van der Waals surface area contributed by atoms with E-state index in [2.05, 4.69) is 23.8 Å². The van der Waals surface area contributed by atoms with Crippen molar-refractivity contribution < 1.29 is 9.90 Å². The van der Waals surface area contributed by atoms with E-state index < -0.39 is 5.97 Å². The van der Waals surface area contributed by atoms with Crippen molar-refractivity contribution >= 4 is 30.8 Å². The zero-order valence-corrected chi connectivity index (χ0v) is 13.7. The van der Waals surface area contributed by atoms with Gasteiger partial charge in [-0.2, -0.15) is 5.10 Å². The first-order chi connectivity index (χ1) is 8.49. The van der Waals surface area contributed by atoms with E-state index in [0.717, 1.165) is 18.7 Å². The summed E-state index contributed by atoms with van der Waals surface area (Å²) in [6, 6.07) is 0.457. The lowest BCUT2D eigenvalue weighted by molar-refractivity contribution is -0.144. The van der Waals surface area contributed by atoms with E-state index >= 15 is 0 Å². The lowest BCUT2D eigenvalue weighted by atomic mass is 9.81. The number of halogens is 2. The highest BCUT2D eigenvalue weighted by atomic mass is 35.5. The second-order valence-corrected chi connectivity index (χ2v) is 5.38. The lowest BCUT2D eigenvalue weighted by Gasteiger charge is -2.38. The summed E-state index contributed by atoms with van der Waals surface area (Å²) < 4.78 is 1.74. The molecule has 116 valence electrons. The summed E-state index contributed by atoms with van der Waals surface area (Å²) in [5, 5.41) is 13.5. The van der Waals surface area contributed by atoms with Gasteiger partial charge in [-0.15, -0.1) is 24.8 Å². The fourth-order valence-electron chi connectivity index (χ4n) is 2.71. The van der Waals surface area contributed by atoms with Gasteiger partial charge < -0.3 is 10.0 Å². The van der Waals surface area contributed by atoms with Crippen molar-refractivity contribution in [3.63, 3.8) is 0 Å². The molecule has 0 radical (unpaired) electrons. The van der Waals surface area contributed by atoms with E-state index in [1.165, 1.54) is 0 Å². The first-order valence-corrected chi connectivity index (χ1v) is 6.44. The predicted octanol–water partition coefficient (Wildman–Crippen LogP) is 2.16. The maximum Gasteiger partial charge on any atom is 0.307 e. The first kappa shape index (κ1) is 19.2. The molecule has 1 fully saturated rings. The van der Waals surface area contributed by atoms with Crippen molar-refractivity contribution in [2.45, 2.75) is 32.2 Å². The maximum absolute atomic E-state index is 11.4. The number of carboxylic acids is 1. The summed E-state index contributed by atoms with van der Waals surface area (Å²) in [6.07, 6.45) is 4.45. The second-order valence-electron chi connectivity index (χ2n) is 5.38. The van der Waals surface area contributed by atoms with Crippen LogP contribution in [0.25, 0.3) is 0 Å². The van der Waals surface area contributed by atoms with Crippen molar-refractivity contribution in [1.29, 1.82) is 0 Å². The number of hydrogen-bond acceptors (Lipinski definition) is 3. The van der Waals surface area contributed by atoms with Crippen LogP contribution in [0, 0.1) is 5.92 Å². The number of hydrogen-bond donors (Lipinski definition) is 1. The molecular weight excluding hydrogens is 301 g/mol. The molecule has 0 aromatic carbocycles. The van der Waals surface area contributed by atoms with Crippen LogP contribution in [0.15, 0.2) is 12.4 Å². The van der Waals surface area contributed by atoms with E-state index in [-0.39, 0.29) is 36.6 Å². The maximum atomic E-state index is 11.4. The van der Waals surface area contributed by atoms with Gasteiger partial charge in [-0.25, -0.2) is 0 Å². The highest BCUT2D eigenvalue weighted by molar-refractivity contribution is 5.85. The number of likely N-dealkylation sites (tertiary alicyclic amines) is 1. The van der Waals surface area contributed by atoms with Crippen molar-refractivity contribution in [3.8, 4) is 0 Å². The fraction of sp³-hybridized carbons (Fsp3) is 0.692. The molecular formula is C13H23Cl2N3O2. The Labute approximate surface area is 132 Å². The van der Waals surface area contributed by atoms with Crippen LogP contribution in [-0.2, 0) is 11.8 Å². The average Bonchev–Trinajstić information content (AvgIpc) is 2.74. The minimum atomic E-state index is -0.688. The molecule has 0 amide bonds. The number of aryl methyl sites for hydroxylation is 1. The first-order valence-electron chi connectivity index (χ1n) is 6.44. The zero-order chi connectivity index (χ0) is 13.3.